The Labute approximate surface area is 117 Å². The molecule has 0 fully saturated rings. The molecule has 0 saturated carbocycles. The minimum Gasteiger partial charge on any atom is -0.478 e. The van der Waals surface area contributed by atoms with E-state index in [1.165, 1.54) is 11.8 Å². The second-order valence-electron chi connectivity index (χ2n) is 3.56. The molecule has 0 bridgehead atoms. The summed E-state index contributed by atoms with van der Waals surface area (Å²) in [4.78, 5) is 19.4. The lowest BCUT2D eigenvalue weighted by Crippen LogP contribution is -1.99. The highest BCUT2D eigenvalue weighted by Crippen LogP contribution is 2.26. The maximum atomic E-state index is 10.9. The quantitative estimate of drug-likeness (QED) is 0.937. The fourth-order valence-electron chi connectivity index (χ4n) is 1.34. The molecule has 0 unspecified atom stereocenters. The van der Waals surface area contributed by atoms with E-state index in [0.29, 0.717) is 10.7 Å². The number of halogens is 1. The zero-order valence-corrected chi connectivity index (χ0v) is 11.8. The lowest BCUT2D eigenvalue weighted by atomic mass is 10.2. The minimum atomic E-state index is -0.953. The molecule has 0 amide bonds. The molecule has 1 N–H and O–H groups in total. The lowest BCUT2D eigenvalue weighted by Gasteiger charge is -2.03. The summed E-state index contributed by atoms with van der Waals surface area (Å²) in [7, 11) is 0. The number of hydrogen-bond acceptors (Lipinski definition) is 4. The van der Waals surface area contributed by atoms with E-state index in [1.54, 1.807) is 25.3 Å². The van der Waals surface area contributed by atoms with Gasteiger partial charge in [0.2, 0.25) is 0 Å². The molecule has 18 heavy (non-hydrogen) atoms. The fraction of sp³-hybridized carbons (Fsp3) is 0.0833. The van der Waals surface area contributed by atoms with Crippen LogP contribution in [0.2, 0.25) is 0 Å². The molecule has 0 aromatic carbocycles. The Balaban J connectivity index is 2.28. The second kappa shape index (κ2) is 5.49. The van der Waals surface area contributed by atoms with Crippen molar-refractivity contribution in [3.8, 4) is 0 Å². The molecule has 6 heteroatoms. The van der Waals surface area contributed by atoms with E-state index in [9.17, 15) is 4.79 Å². The maximum absolute atomic E-state index is 10.9. The number of aryl methyl sites for hydroxylation is 1. The van der Waals surface area contributed by atoms with Gasteiger partial charge in [-0.25, -0.2) is 14.8 Å². The van der Waals surface area contributed by atoms with Crippen molar-refractivity contribution in [2.45, 2.75) is 17.0 Å². The predicted octanol–water partition coefficient (Wildman–Crippen LogP) is 3.40. The fourth-order valence-corrected chi connectivity index (χ4v) is 2.41. The molecule has 2 aromatic heterocycles. The number of carbonyl (C=O) groups is 1. The number of pyridine rings is 2. The maximum Gasteiger partial charge on any atom is 0.335 e. The highest BCUT2D eigenvalue weighted by Gasteiger charge is 2.08. The molecule has 4 nitrogen and oxygen atoms in total. The Kier molecular flexibility index (Phi) is 3.98. The Morgan fingerprint density at radius 1 is 1.33 bits per heavy atom. The molecule has 92 valence electrons. The molecule has 0 aliphatic rings. The largest absolute Gasteiger partial charge is 0.478 e. The molecule has 2 heterocycles. The zero-order valence-electron chi connectivity index (χ0n) is 9.42. The van der Waals surface area contributed by atoms with Gasteiger partial charge in [-0.05, 0) is 47.1 Å². The smallest absolute Gasteiger partial charge is 0.335 e. The third-order valence-corrected chi connectivity index (χ3v) is 3.42. The van der Waals surface area contributed by atoms with E-state index in [0.717, 1.165) is 9.50 Å². The summed E-state index contributed by atoms with van der Waals surface area (Å²) in [6.07, 6.45) is 1.69. The molecule has 0 saturated heterocycles. The molecule has 2 rings (SSSR count). The van der Waals surface area contributed by atoms with Crippen LogP contribution in [0, 0.1) is 6.92 Å². The van der Waals surface area contributed by atoms with Crippen LogP contribution in [0.25, 0.3) is 0 Å². The Bertz CT molecular complexity index is 587. The van der Waals surface area contributed by atoms with Crippen LogP contribution in [0.1, 0.15) is 16.1 Å². The summed E-state index contributed by atoms with van der Waals surface area (Å²) < 4.78 is 0.898. The van der Waals surface area contributed by atoms with Gasteiger partial charge in [-0.15, -0.1) is 0 Å². The lowest BCUT2D eigenvalue weighted by molar-refractivity contribution is 0.0696. The van der Waals surface area contributed by atoms with Crippen LogP contribution in [0.3, 0.4) is 0 Å². The number of hydrogen-bond donors (Lipinski definition) is 1. The Morgan fingerprint density at radius 3 is 2.72 bits per heavy atom. The van der Waals surface area contributed by atoms with Gasteiger partial charge in [-0.3, -0.25) is 0 Å². The number of rotatable bonds is 3. The SMILES string of the molecule is Cc1cc(C(=O)O)cc(Sc2ccc(Br)cn2)n1. The number of carboxylic acids is 1. The number of nitrogens with zero attached hydrogens (tertiary/aromatic N) is 2. The summed E-state index contributed by atoms with van der Waals surface area (Å²) in [5.41, 5.74) is 0.914. The van der Waals surface area contributed by atoms with Gasteiger partial charge in [0.15, 0.2) is 0 Å². The van der Waals surface area contributed by atoms with Crippen molar-refractivity contribution < 1.29 is 9.90 Å². The van der Waals surface area contributed by atoms with E-state index in [4.69, 9.17) is 5.11 Å². The first-order valence-electron chi connectivity index (χ1n) is 5.06. The van der Waals surface area contributed by atoms with Crippen molar-refractivity contribution in [3.63, 3.8) is 0 Å². The molecule has 0 aliphatic carbocycles. The average molecular weight is 325 g/mol. The highest BCUT2D eigenvalue weighted by molar-refractivity contribution is 9.10. The van der Waals surface area contributed by atoms with Crippen LogP contribution in [0.4, 0.5) is 0 Å². The van der Waals surface area contributed by atoms with E-state index in [-0.39, 0.29) is 5.56 Å². The van der Waals surface area contributed by atoms with Gasteiger partial charge in [0.25, 0.3) is 0 Å². The molecule has 0 radical (unpaired) electrons. The van der Waals surface area contributed by atoms with Gasteiger partial charge in [0.05, 0.1) is 5.56 Å². The predicted molar refractivity (Wildman–Crippen MR) is 72.0 cm³/mol. The van der Waals surface area contributed by atoms with Crippen LogP contribution in [-0.4, -0.2) is 21.0 Å². The molecular weight excluding hydrogens is 316 g/mol. The van der Waals surface area contributed by atoms with Gasteiger partial charge in [-0.2, -0.15) is 0 Å². The minimum absolute atomic E-state index is 0.238. The van der Waals surface area contributed by atoms with Crippen molar-refractivity contribution >= 4 is 33.7 Å². The highest BCUT2D eigenvalue weighted by atomic mass is 79.9. The van der Waals surface area contributed by atoms with Crippen LogP contribution < -0.4 is 0 Å². The summed E-state index contributed by atoms with van der Waals surface area (Å²) in [6.45, 7) is 1.77. The summed E-state index contributed by atoms with van der Waals surface area (Å²) in [6, 6.07) is 6.81. The van der Waals surface area contributed by atoms with Gasteiger partial charge < -0.3 is 5.11 Å². The van der Waals surface area contributed by atoms with Crippen molar-refractivity contribution in [2.75, 3.05) is 0 Å². The van der Waals surface area contributed by atoms with Crippen molar-refractivity contribution in [1.29, 1.82) is 0 Å². The zero-order chi connectivity index (χ0) is 13.1. The van der Waals surface area contributed by atoms with E-state index in [1.807, 2.05) is 12.1 Å². The van der Waals surface area contributed by atoms with Crippen LogP contribution in [0.5, 0.6) is 0 Å². The summed E-state index contributed by atoms with van der Waals surface area (Å²) >= 11 is 4.64. The van der Waals surface area contributed by atoms with Gasteiger partial charge in [-0.1, -0.05) is 11.8 Å². The van der Waals surface area contributed by atoms with Crippen LogP contribution in [0.15, 0.2) is 45.0 Å². The normalized spacial score (nSPS) is 10.3. The van der Waals surface area contributed by atoms with Crippen molar-refractivity contribution in [2.24, 2.45) is 0 Å². The summed E-state index contributed by atoms with van der Waals surface area (Å²) in [5.74, 6) is -0.953. The van der Waals surface area contributed by atoms with Crippen molar-refractivity contribution in [3.05, 3.63) is 46.2 Å². The third-order valence-electron chi connectivity index (χ3n) is 2.09. The van der Waals surface area contributed by atoms with Gasteiger partial charge in [0.1, 0.15) is 10.1 Å². The first kappa shape index (κ1) is 13.0. The average Bonchev–Trinajstić information content (AvgIpc) is 2.31. The van der Waals surface area contributed by atoms with Crippen molar-refractivity contribution in [1.82, 2.24) is 9.97 Å². The second-order valence-corrected chi connectivity index (χ2v) is 5.51. The number of aromatic nitrogens is 2. The molecule has 2 aromatic rings. The molecule has 0 spiro atoms. The monoisotopic (exact) mass is 324 g/mol. The van der Waals surface area contributed by atoms with E-state index >= 15 is 0 Å². The molecule has 0 aliphatic heterocycles. The van der Waals surface area contributed by atoms with Gasteiger partial charge in [0, 0.05) is 16.4 Å². The van der Waals surface area contributed by atoms with E-state index < -0.39 is 5.97 Å². The van der Waals surface area contributed by atoms with Gasteiger partial charge >= 0.3 is 5.97 Å². The Hall–Kier alpha value is -1.40. The standard InChI is InChI=1S/C12H9BrN2O2S/c1-7-4-8(12(16)17)5-11(15-7)18-10-3-2-9(13)6-14-10/h2-6H,1H3,(H,16,17). The van der Waals surface area contributed by atoms with E-state index in [2.05, 4.69) is 25.9 Å². The third kappa shape index (κ3) is 3.30. The Morgan fingerprint density at radius 2 is 2.11 bits per heavy atom. The number of aromatic carboxylic acids is 1. The molecule has 0 atom stereocenters. The summed E-state index contributed by atoms with van der Waals surface area (Å²) in [5, 5.41) is 10.4. The topological polar surface area (TPSA) is 63.1 Å². The first-order valence-corrected chi connectivity index (χ1v) is 6.67. The molecular formula is C12H9BrN2O2S. The number of carboxylic acid groups (broad SMARTS) is 1. The first-order chi connectivity index (χ1) is 8.54. The van der Waals surface area contributed by atoms with Crippen LogP contribution >= 0.6 is 27.7 Å². The van der Waals surface area contributed by atoms with Crippen LogP contribution in [-0.2, 0) is 0 Å².